The summed E-state index contributed by atoms with van der Waals surface area (Å²) in [6.45, 7) is 8.70. The predicted octanol–water partition coefficient (Wildman–Crippen LogP) is 9.31. The fourth-order valence-electron chi connectivity index (χ4n) is 10.5. The summed E-state index contributed by atoms with van der Waals surface area (Å²) in [6, 6.07) is 34.9. The second-order valence-corrected chi connectivity index (χ2v) is 19.3. The first-order chi connectivity index (χ1) is 32.3. The van der Waals surface area contributed by atoms with Crippen LogP contribution in [0.1, 0.15) is 113 Å². The largest absolute Gasteiger partial charge is 0.469 e. The Morgan fingerprint density at radius 3 is 1.31 bits per heavy atom. The van der Waals surface area contributed by atoms with Crippen LogP contribution < -0.4 is 4.90 Å². The van der Waals surface area contributed by atoms with Crippen molar-refractivity contribution in [3.63, 3.8) is 0 Å². The molecule has 4 aromatic rings. The molecule has 7 rings (SSSR count). The molecule has 67 heavy (non-hydrogen) atoms. The van der Waals surface area contributed by atoms with Gasteiger partial charge in [0.05, 0.1) is 63.1 Å². The second kappa shape index (κ2) is 22.1. The normalized spacial score (nSPS) is 20.3. The van der Waals surface area contributed by atoms with Crippen molar-refractivity contribution in [3.05, 3.63) is 125 Å². The van der Waals surface area contributed by atoms with Gasteiger partial charge in [0.1, 0.15) is 0 Å². The van der Waals surface area contributed by atoms with Crippen LogP contribution in [0.2, 0.25) is 0 Å². The van der Waals surface area contributed by atoms with E-state index in [1.165, 1.54) is 14.2 Å². The number of hydrogen-bond donors (Lipinski definition) is 0. The van der Waals surface area contributed by atoms with Crippen LogP contribution in [0.5, 0.6) is 0 Å². The highest BCUT2D eigenvalue weighted by molar-refractivity contribution is 5.93. The van der Waals surface area contributed by atoms with Gasteiger partial charge < -0.3 is 24.2 Å². The standard InChI is InChI=1S/C56H67N3O8/c1-36(2)45(34-53(62)66-5)55(64)57-30-10-14-49(57)51(60)32-38-16-20-42(21-17-38)47-28-29-48(59(47)44-26-24-41(25-27-44)40-12-8-7-9-13-40)43-22-18-39(19-23-43)33-52(61)50-15-11-31-58(50)56(65)46(37(3)4)35-54(63)67-6/h7-9,12-13,16-27,36-37,45-50H,10-11,14-15,28-35H2,1-6H3/t45-,46-,47+,48+,49-,50-/m0/s1. The Morgan fingerprint density at radius 2 is 0.925 bits per heavy atom. The summed E-state index contributed by atoms with van der Waals surface area (Å²) in [7, 11) is 2.65. The number of nitrogens with zero attached hydrogens (tertiary/aromatic N) is 3. The van der Waals surface area contributed by atoms with E-state index in [1.54, 1.807) is 9.80 Å². The van der Waals surface area contributed by atoms with Crippen LogP contribution in [0, 0.1) is 23.7 Å². The average molecular weight is 910 g/mol. The van der Waals surface area contributed by atoms with Crippen molar-refractivity contribution in [1.82, 2.24) is 9.80 Å². The van der Waals surface area contributed by atoms with Crippen molar-refractivity contribution < 1.29 is 38.2 Å². The fraction of sp³-hybridized carbons (Fsp3) is 0.464. The maximum atomic E-state index is 13.8. The lowest BCUT2D eigenvalue weighted by Crippen LogP contribution is -2.45. The number of carbonyl (C=O) groups excluding carboxylic acids is 6. The lowest BCUT2D eigenvalue weighted by atomic mass is 9.90. The number of methoxy groups -OCH3 is 2. The fourth-order valence-corrected chi connectivity index (χ4v) is 10.5. The van der Waals surface area contributed by atoms with E-state index in [4.69, 9.17) is 9.47 Å². The molecule has 4 aromatic carbocycles. The average Bonchev–Trinajstić information content (AvgIpc) is 4.14. The highest BCUT2D eigenvalue weighted by atomic mass is 16.5. The molecular weight excluding hydrogens is 843 g/mol. The molecule has 6 atom stereocenters. The molecule has 3 heterocycles. The van der Waals surface area contributed by atoms with Gasteiger partial charge >= 0.3 is 11.9 Å². The van der Waals surface area contributed by atoms with Gasteiger partial charge in [-0.2, -0.15) is 0 Å². The summed E-state index contributed by atoms with van der Waals surface area (Å²) in [5.41, 5.74) is 7.47. The number of rotatable bonds is 18. The number of esters is 2. The van der Waals surface area contributed by atoms with Crippen molar-refractivity contribution in [2.24, 2.45) is 23.7 Å². The first-order valence-electron chi connectivity index (χ1n) is 24.2. The minimum absolute atomic E-state index is 0.000390. The third kappa shape index (κ3) is 11.4. The van der Waals surface area contributed by atoms with Crippen LogP contribution in [-0.4, -0.2) is 84.5 Å². The van der Waals surface area contributed by atoms with E-state index in [0.717, 1.165) is 64.8 Å². The van der Waals surface area contributed by atoms with Gasteiger partial charge in [-0.15, -0.1) is 0 Å². The highest BCUT2D eigenvalue weighted by Crippen LogP contribution is 2.47. The summed E-state index contributed by atoms with van der Waals surface area (Å²) in [5.74, 6) is -2.35. The summed E-state index contributed by atoms with van der Waals surface area (Å²) < 4.78 is 9.75. The number of anilines is 1. The van der Waals surface area contributed by atoms with Crippen molar-refractivity contribution >= 4 is 41.0 Å². The highest BCUT2D eigenvalue weighted by Gasteiger charge is 2.41. The Kier molecular flexibility index (Phi) is 16.1. The van der Waals surface area contributed by atoms with E-state index in [9.17, 15) is 28.8 Å². The van der Waals surface area contributed by atoms with Crippen LogP contribution in [0.25, 0.3) is 11.1 Å². The minimum Gasteiger partial charge on any atom is -0.469 e. The molecule has 0 saturated carbocycles. The van der Waals surface area contributed by atoms with Crippen LogP contribution in [0.4, 0.5) is 5.69 Å². The monoisotopic (exact) mass is 909 g/mol. The smallest absolute Gasteiger partial charge is 0.306 e. The summed E-state index contributed by atoms with van der Waals surface area (Å²) in [5, 5.41) is 0. The molecule has 0 aromatic heterocycles. The third-order valence-corrected chi connectivity index (χ3v) is 14.4. The summed E-state index contributed by atoms with van der Waals surface area (Å²) in [4.78, 5) is 85.3. The summed E-state index contributed by atoms with van der Waals surface area (Å²) >= 11 is 0. The number of ketones is 2. The molecule has 3 saturated heterocycles. The van der Waals surface area contributed by atoms with Crippen molar-refractivity contribution in [2.75, 3.05) is 32.2 Å². The molecule has 0 N–H and O–H groups in total. The van der Waals surface area contributed by atoms with Crippen molar-refractivity contribution in [3.8, 4) is 11.1 Å². The lowest BCUT2D eigenvalue weighted by Gasteiger charge is -2.33. The number of amides is 2. The topological polar surface area (TPSA) is 131 Å². The molecule has 11 heteroatoms. The van der Waals surface area contributed by atoms with Gasteiger partial charge in [-0.05, 0) is 95.9 Å². The van der Waals surface area contributed by atoms with E-state index in [1.807, 2.05) is 70.2 Å². The molecule has 3 aliphatic rings. The molecule has 0 bridgehead atoms. The van der Waals surface area contributed by atoms with E-state index in [2.05, 4.69) is 65.6 Å². The SMILES string of the molecule is COC(=O)C[C@H](C(=O)N1CCC[C@H]1C(=O)Cc1ccc([C@H]2CC[C@H](c3ccc(CC(=O)[C@@H]4CCCN4C(=O)[C@@H](CC(=O)OC)C(C)C)cc3)N2c2ccc(-c3ccccc3)cc2)cc1)C(C)C. The zero-order valence-electron chi connectivity index (χ0n) is 40.0. The maximum Gasteiger partial charge on any atom is 0.306 e. The van der Waals surface area contributed by atoms with E-state index < -0.39 is 35.9 Å². The molecular formula is C56H67N3O8. The number of likely N-dealkylation sites (tertiary alicyclic amines) is 2. The van der Waals surface area contributed by atoms with Crippen molar-refractivity contribution in [1.29, 1.82) is 0 Å². The predicted molar refractivity (Wildman–Crippen MR) is 259 cm³/mol. The van der Waals surface area contributed by atoms with Gasteiger partial charge in [0.15, 0.2) is 11.6 Å². The molecule has 0 radical (unpaired) electrons. The molecule has 354 valence electrons. The van der Waals surface area contributed by atoms with E-state index >= 15 is 0 Å². The number of ether oxygens (including phenoxy) is 2. The van der Waals surface area contributed by atoms with Crippen LogP contribution in [0.15, 0.2) is 103 Å². The molecule has 3 fully saturated rings. The molecule has 0 spiro atoms. The number of Topliss-reactive ketones (excluding diaryl/α,β-unsaturated/α-hetero) is 2. The number of carbonyl (C=O) groups is 6. The Balaban J connectivity index is 1.07. The molecule has 11 nitrogen and oxygen atoms in total. The van der Waals surface area contributed by atoms with Crippen LogP contribution in [-0.2, 0) is 51.1 Å². The molecule has 2 amide bonds. The Morgan fingerprint density at radius 1 is 0.522 bits per heavy atom. The maximum absolute atomic E-state index is 13.8. The van der Waals surface area contributed by atoms with Gasteiger partial charge in [-0.1, -0.05) is 119 Å². The Hall–Kier alpha value is -6.10. The number of hydrogen-bond acceptors (Lipinski definition) is 9. The zero-order valence-corrected chi connectivity index (χ0v) is 40.0. The first kappa shape index (κ1) is 48.8. The van der Waals surface area contributed by atoms with Gasteiger partial charge in [0.25, 0.3) is 0 Å². The quantitative estimate of drug-likeness (QED) is 0.0897. The molecule has 0 unspecified atom stereocenters. The van der Waals surface area contributed by atoms with Crippen LogP contribution >= 0.6 is 0 Å². The minimum atomic E-state index is -0.536. The number of benzene rings is 4. The first-order valence-corrected chi connectivity index (χ1v) is 24.2. The third-order valence-electron chi connectivity index (χ3n) is 14.4. The Labute approximate surface area is 396 Å². The van der Waals surface area contributed by atoms with Gasteiger partial charge in [-0.25, -0.2) is 0 Å². The van der Waals surface area contributed by atoms with Gasteiger partial charge in [0, 0.05) is 31.6 Å². The van der Waals surface area contributed by atoms with Crippen molar-refractivity contribution in [2.45, 2.75) is 116 Å². The molecule has 0 aliphatic carbocycles. The van der Waals surface area contributed by atoms with Gasteiger partial charge in [0.2, 0.25) is 11.8 Å². The zero-order chi connectivity index (χ0) is 47.8. The van der Waals surface area contributed by atoms with Crippen LogP contribution in [0.3, 0.4) is 0 Å². The summed E-state index contributed by atoms with van der Waals surface area (Å²) in [6.07, 6.45) is 4.97. The second-order valence-electron chi connectivity index (χ2n) is 19.3. The lowest BCUT2D eigenvalue weighted by molar-refractivity contribution is -0.149. The van der Waals surface area contributed by atoms with E-state index in [-0.39, 0.29) is 73.0 Å². The van der Waals surface area contributed by atoms with Gasteiger partial charge in [-0.3, -0.25) is 28.8 Å². The Bertz CT molecular complexity index is 2240. The molecule has 3 aliphatic heterocycles. The van der Waals surface area contributed by atoms with E-state index in [0.29, 0.717) is 25.9 Å².